The standard InChI is InChI=1S/C19H21N3O2S/c1-10-16(12(3)23)11(2)20-17(10)18(24)13(4)25-19-21-14-8-6-7-9-15(14)22(19)5/h6-9,13,20H,1-5H3. The molecule has 0 fully saturated rings. The number of para-hydroxylation sites is 2. The van der Waals surface area contributed by atoms with Gasteiger partial charge in [0.2, 0.25) is 0 Å². The molecule has 0 aliphatic heterocycles. The Hall–Kier alpha value is -2.34. The molecule has 1 N–H and O–H groups in total. The van der Waals surface area contributed by atoms with Crippen LogP contribution in [0.3, 0.4) is 0 Å². The number of rotatable bonds is 5. The second kappa shape index (κ2) is 6.52. The maximum absolute atomic E-state index is 12.9. The van der Waals surface area contributed by atoms with E-state index >= 15 is 0 Å². The van der Waals surface area contributed by atoms with Gasteiger partial charge in [-0.25, -0.2) is 4.98 Å². The van der Waals surface area contributed by atoms with Crippen LogP contribution in [-0.2, 0) is 7.05 Å². The zero-order valence-corrected chi connectivity index (χ0v) is 15.8. The fraction of sp³-hybridized carbons (Fsp3) is 0.316. The third kappa shape index (κ3) is 3.02. The van der Waals surface area contributed by atoms with E-state index in [1.807, 2.05) is 56.7 Å². The van der Waals surface area contributed by atoms with Crippen LogP contribution in [-0.4, -0.2) is 31.4 Å². The van der Waals surface area contributed by atoms with E-state index in [1.54, 1.807) is 0 Å². The summed E-state index contributed by atoms with van der Waals surface area (Å²) in [5.41, 5.74) is 4.55. The first kappa shape index (κ1) is 17.5. The number of ketones is 2. The molecule has 3 aromatic rings. The van der Waals surface area contributed by atoms with Crippen molar-refractivity contribution in [2.24, 2.45) is 7.05 Å². The van der Waals surface area contributed by atoms with Crippen LogP contribution in [0.4, 0.5) is 0 Å². The van der Waals surface area contributed by atoms with E-state index in [4.69, 9.17) is 0 Å². The Balaban J connectivity index is 1.89. The minimum absolute atomic E-state index is 0.0230. The number of carbonyl (C=O) groups is 2. The zero-order chi connectivity index (χ0) is 18.3. The lowest BCUT2D eigenvalue weighted by atomic mass is 10.0. The molecule has 0 saturated heterocycles. The Kier molecular flexibility index (Phi) is 4.56. The first-order valence-electron chi connectivity index (χ1n) is 8.13. The molecule has 25 heavy (non-hydrogen) atoms. The molecule has 0 aliphatic rings. The number of aromatic nitrogens is 3. The van der Waals surface area contributed by atoms with E-state index in [-0.39, 0.29) is 16.8 Å². The average Bonchev–Trinajstić information content (AvgIpc) is 3.04. The van der Waals surface area contributed by atoms with Crippen molar-refractivity contribution in [3.05, 3.63) is 46.8 Å². The fourth-order valence-electron chi connectivity index (χ4n) is 3.17. The molecule has 0 amide bonds. The molecular formula is C19H21N3O2S. The van der Waals surface area contributed by atoms with Crippen LogP contribution in [0.1, 0.15) is 46.0 Å². The number of hydrogen-bond acceptors (Lipinski definition) is 4. The number of fused-ring (bicyclic) bond motifs is 1. The van der Waals surface area contributed by atoms with Gasteiger partial charge in [0.05, 0.1) is 22.0 Å². The second-order valence-electron chi connectivity index (χ2n) is 6.25. The SMILES string of the molecule is CC(=O)c1c(C)[nH]c(C(=O)C(C)Sc2nc3ccccc3n2C)c1C. The summed E-state index contributed by atoms with van der Waals surface area (Å²) in [5.74, 6) is -0.0499. The minimum atomic E-state index is -0.313. The van der Waals surface area contributed by atoms with E-state index in [0.29, 0.717) is 11.3 Å². The number of aryl methyl sites for hydroxylation is 2. The number of carbonyl (C=O) groups excluding carboxylic acids is 2. The summed E-state index contributed by atoms with van der Waals surface area (Å²) in [6.45, 7) is 7.04. The van der Waals surface area contributed by atoms with Crippen LogP contribution in [0.15, 0.2) is 29.4 Å². The van der Waals surface area contributed by atoms with Crippen LogP contribution in [0.2, 0.25) is 0 Å². The van der Waals surface area contributed by atoms with Gasteiger partial charge in [-0.15, -0.1) is 0 Å². The summed E-state index contributed by atoms with van der Waals surface area (Å²) >= 11 is 1.43. The first-order valence-corrected chi connectivity index (χ1v) is 9.01. The first-order chi connectivity index (χ1) is 11.8. The van der Waals surface area contributed by atoms with Gasteiger partial charge in [0.1, 0.15) is 0 Å². The molecule has 0 bridgehead atoms. The number of nitrogens with one attached hydrogen (secondary N) is 1. The lowest BCUT2D eigenvalue weighted by Crippen LogP contribution is -2.16. The molecule has 130 valence electrons. The number of benzene rings is 1. The van der Waals surface area contributed by atoms with Crippen molar-refractivity contribution in [2.75, 3.05) is 0 Å². The second-order valence-corrected chi connectivity index (χ2v) is 7.56. The van der Waals surface area contributed by atoms with E-state index in [0.717, 1.165) is 27.4 Å². The highest BCUT2D eigenvalue weighted by Crippen LogP contribution is 2.29. The van der Waals surface area contributed by atoms with Gasteiger partial charge in [0.15, 0.2) is 16.7 Å². The maximum atomic E-state index is 12.9. The smallest absolute Gasteiger partial charge is 0.192 e. The van der Waals surface area contributed by atoms with Crippen molar-refractivity contribution in [3.8, 4) is 0 Å². The molecular weight excluding hydrogens is 334 g/mol. The Morgan fingerprint density at radius 3 is 2.52 bits per heavy atom. The normalized spacial score (nSPS) is 12.5. The highest BCUT2D eigenvalue weighted by molar-refractivity contribution is 8.00. The van der Waals surface area contributed by atoms with E-state index in [2.05, 4.69) is 9.97 Å². The molecule has 0 saturated carbocycles. The van der Waals surface area contributed by atoms with E-state index < -0.39 is 0 Å². The molecule has 0 aliphatic carbocycles. The Bertz CT molecular complexity index is 984. The molecule has 3 rings (SSSR count). The monoisotopic (exact) mass is 355 g/mol. The molecule has 1 atom stereocenters. The van der Waals surface area contributed by atoms with Gasteiger partial charge in [-0.3, -0.25) is 9.59 Å². The van der Waals surface area contributed by atoms with E-state index in [9.17, 15) is 9.59 Å². The quantitative estimate of drug-likeness (QED) is 0.553. The molecule has 0 radical (unpaired) electrons. The van der Waals surface area contributed by atoms with Crippen molar-refractivity contribution in [1.82, 2.24) is 14.5 Å². The molecule has 2 heterocycles. The third-order valence-corrected chi connectivity index (χ3v) is 5.58. The number of hydrogen-bond donors (Lipinski definition) is 1. The number of H-pyrrole nitrogens is 1. The van der Waals surface area contributed by atoms with Crippen LogP contribution >= 0.6 is 11.8 Å². The van der Waals surface area contributed by atoms with Crippen molar-refractivity contribution < 1.29 is 9.59 Å². The van der Waals surface area contributed by atoms with Crippen LogP contribution in [0.25, 0.3) is 11.0 Å². The van der Waals surface area contributed by atoms with Gasteiger partial charge in [0, 0.05) is 18.3 Å². The van der Waals surface area contributed by atoms with Gasteiger partial charge in [-0.2, -0.15) is 0 Å². The minimum Gasteiger partial charge on any atom is -0.355 e. The molecule has 2 aromatic heterocycles. The van der Waals surface area contributed by atoms with Gasteiger partial charge in [-0.05, 0) is 45.4 Å². The average molecular weight is 355 g/mol. The fourth-order valence-corrected chi connectivity index (χ4v) is 4.12. The Morgan fingerprint density at radius 1 is 1.24 bits per heavy atom. The highest BCUT2D eigenvalue weighted by Gasteiger charge is 2.25. The summed E-state index contributed by atoms with van der Waals surface area (Å²) in [4.78, 5) is 32.4. The van der Waals surface area contributed by atoms with Crippen LogP contribution in [0.5, 0.6) is 0 Å². The lowest BCUT2D eigenvalue weighted by molar-refractivity contribution is 0.0988. The largest absolute Gasteiger partial charge is 0.355 e. The van der Waals surface area contributed by atoms with E-state index in [1.165, 1.54) is 18.7 Å². The van der Waals surface area contributed by atoms with Gasteiger partial charge >= 0.3 is 0 Å². The number of nitrogens with zero attached hydrogens (tertiary/aromatic N) is 2. The Labute approximate surface area is 150 Å². The highest BCUT2D eigenvalue weighted by atomic mass is 32.2. The zero-order valence-electron chi connectivity index (χ0n) is 15.0. The molecule has 1 unspecified atom stereocenters. The maximum Gasteiger partial charge on any atom is 0.192 e. The van der Waals surface area contributed by atoms with Crippen molar-refractivity contribution in [2.45, 2.75) is 38.1 Å². The predicted molar refractivity (Wildman–Crippen MR) is 101 cm³/mol. The molecule has 1 aromatic carbocycles. The summed E-state index contributed by atoms with van der Waals surface area (Å²) in [6, 6.07) is 7.90. The topological polar surface area (TPSA) is 67.8 Å². The third-order valence-electron chi connectivity index (χ3n) is 4.43. The summed E-state index contributed by atoms with van der Waals surface area (Å²) in [5, 5.41) is 0.488. The summed E-state index contributed by atoms with van der Waals surface area (Å²) in [7, 11) is 1.95. The summed E-state index contributed by atoms with van der Waals surface area (Å²) < 4.78 is 2.00. The van der Waals surface area contributed by atoms with Gasteiger partial charge in [-0.1, -0.05) is 23.9 Å². The lowest BCUT2D eigenvalue weighted by Gasteiger charge is -2.10. The number of aromatic amines is 1. The molecule has 0 spiro atoms. The number of Topliss-reactive ketones (excluding diaryl/α,β-unsaturated/α-hetero) is 2. The summed E-state index contributed by atoms with van der Waals surface area (Å²) in [6.07, 6.45) is 0. The van der Waals surface area contributed by atoms with Crippen molar-refractivity contribution >= 4 is 34.4 Å². The number of thioether (sulfide) groups is 1. The predicted octanol–water partition coefficient (Wildman–Crippen LogP) is 4.08. The van der Waals surface area contributed by atoms with Gasteiger partial charge in [0.25, 0.3) is 0 Å². The van der Waals surface area contributed by atoms with Gasteiger partial charge < -0.3 is 9.55 Å². The van der Waals surface area contributed by atoms with Crippen LogP contribution < -0.4 is 0 Å². The van der Waals surface area contributed by atoms with Crippen LogP contribution in [0, 0.1) is 13.8 Å². The number of imidazole rings is 1. The molecule has 5 nitrogen and oxygen atoms in total. The molecule has 6 heteroatoms. The van der Waals surface area contributed by atoms with Crippen molar-refractivity contribution in [1.29, 1.82) is 0 Å². The van der Waals surface area contributed by atoms with Crippen molar-refractivity contribution in [3.63, 3.8) is 0 Å². The Morgan fingerprint density at radius 2 is 1.92 bits per heavy atom.